The van der Waals surface area contributed by atoms with E-state index in [0.29, 0.717) is 17.2 Å². The van der Waals surface area contributed by atoms with E-state index in [1.54, 1.807) is 10.6 Å². The van der Waals surface area contributed by atoms with Crippen molar-refractivity contribution in [2.75, 3.05) is 6.54 Å². The number of amides is 1. The smallest absolute Gasteiger partial charge is 0.306 e. The molecule has 5 aromatic rings. The fraction of sp³-hybridized carbons (Fsp3) is 0.0833. The van der Waals surface area contributed by atoms with Gasteiger partial charge in [-0.25, -0.2) is 0 Å². The normalized spacial score (nSPS) is 12.3. The highest BCUT2D eigenvalue weighted by molar-refractivity contribution is 6.00. The van der Waals surface area contributed by atoms with Gasteiger partial charge in [0.2, 0.25) is 0 Å². The Kier molecular flexibility index (Phi) is 4.53. The minimum Gasteiger partial charge on any atom is -0.432 e. The number of nitrogens with one attached hydrogen (secondary N) is 1. The van der Waals surface area contributed by atoms with Crippen LogP contribution in [-0.4, -0.2) is 21.8 Å². The van der Waals surface area contributed by atoms with Crippen LogP contribution in [0.25, 0.3) is 27.9 Å². The van der Waals surface area contributed by atoms with Crippen LogP contribution in [0.1, 0.15) is 22.1 Å². The lowest BCUT2D eigenvalue weighted by molar-refractivity contribution is 0.0932. The van der Waals surface area contributed by atoms with E-state index in [9.17, 15) is 4.79 Å². The van der Waals surface area contributed by atoms with Gasteiger partial charge in [-0.15, -0.1) is 0 Å². The molecule has 6 nitrogen and oxygen atoms in total. The Hall–Kier alpha value is -3.90. The number of hydrogen-bond acceptors (Lipinski definition) is 4. The molecule has 0 aliphatic heterocycles. The van der Waals surface area contributed by atoms with Gasteiger partial charge in [0.15, 0.2) is 0 Å². The Morgan fingerprint density at radius 2 is 1.80 bits per heavy atom. The second kappa shape index (κ2) is 7.50. The van der Waals surface area contributed by atoms with Crippen LogP contribution < -0.4 is 11.1 Å². The monoisotopic (exact) mass is 396 g/mol. The van der Waals surface area contributed by atoms with Gasteiger partial charge < -0.3 is 15.5 Å². The molecule has 30 heavy (non-hydrogen) atoms. The zero-order chi connectivity index (χ0) is 20.5. The third kappa shape index (κ3) is 3.13. The van der Waals surface area contributed by atoms with Gasteiger partial charge in [-0.1, -0.05) is 66.7 Å². The van der Waals surface area contributed by atoms with Gasteiger partial charge in [0.1, 0.15) is 17.7 Å². The number of fused-ring (bicyclic) bond motifs is 2. The zero-order valence-corrected chi connectivity index (χ0v) is 16.2. The van der Waals surface area contributed by atoms with E-state index in [4.69, 9.17) is 10.2 Å². The van der Waals surface area contributed by atoms with E-state index in [0.717, 1.165) is 21.9 Å². The number of imidazole rings is 1. The number of aromatic nitrogens is 2. The maximum Gasteiger partial charge on any atom is 0.306 e. The van der Waals surface area contributed by atoms with Crippen LogP contribution in [0.5, 0.6) is 0 Å². The van der Waals surface area contributed by atoms with Crippen molar-refractivity contribution in [1.82, 2.24) is 14.7 Å². The molecule has 0 fully saturated rings. The number of hydrogen-bond donors (Lipinski definition) is 2. The maximum absolute atomic E-state index is 13.3. The molecular weight excluding hydrogens is 376 g/mol. The number of nitrogens with two attached hydrogens (primary N) is 1. The number of nitrogens with zero attached hydrogens (tertiary/aromatic N) is 2. The minimum atomic E-state index is -0.305. The Morgan fingerprint density at radius 1 is 1.03 bits per heavy atom. The van der Waals surface area contributed by atoms with Crippen LogP contribution >= 0.6 is 0 Å². The Balaban J connectivity index is 1.58. The van der Waals surface area contributed by atoms with Gasteiger partial charge in [-0.3, -0.25) is 9.20 Å². The summed E-state index contributed by atoms with van der Waals surface area (Å²) in [6, 6.07) is 23.5. The molecule has 2 aromatic heterocycles. The number of benzene rings is 3. The topological polar surface area (TPSA) is 85.6 Å². The number of oxazole rings is 1. The van der Waals surface area contributed by atoms with Crippen LogP contribution in [0.4, 0.5) is 0 Å². The zero-order valence-electron chi connectivity index (χ0n) is 16.2. The van der Waals surface area contributed by atoms with Gasteiger partial charge in [0, 0.05) is 18.3 Å². The Bertz CT molecular complexity index is 1340. The lowest BCUT2D eigenvalue weighted by Crippen LogP contribution is -2.34. The highest BCUT2D eigenvalue weighted by atomic mass is 16.3. The van der Waals surface area contributed by atoms with Crippen LogP contribution in [-0.2, 0) is 0 Å². The van der Waals surface area contributed by atoms with Crippen LogP contribution in [0.15, 0.2) is 89.7 Å². The summed E-state index contributed by atoms with van der Waals surface area (Å²) in [6.45, 7) is 0.286. The summed E-state index contributed by atoms with van der Waals surface area (Å²) >= 11 is 0. The first-order valence-electron chi connectivity index (χ1n) is 9.75. The van der Waals surface area contributed by atoms with Crippen LogP contribution in [0, 0.1) is 0 Å². The third-order valence-corrected chi connectivity index (χ3v) is 5.24. The fourth-order valence-electron chi connectivity index (χ4n) is 3.73. The first-order valence-corrected chi connectivity index (χ1v) is 9.75. The summed E-state index contributed by atoms with van der Waals surface area (Å²) in [5.41, 5.74) is 8.75. The molecule has 3 N–H and O–H groups in total. The molecule has 0 saturated carbocycles. The molecule has 1 atom stereocenters. The Morgan fingerprint density at radius 3 is 2.60 bits per heavy atom. The maximum atomic E-state index is 13.3. The lowest BCUT2D eigenvalue weighted by atomic mass is 10.0. The quantitative estimate of drug-likeness (QED) is 0.467. The minimum absolute atomic E-state index is 0.258. The van der Waals surface area contributed by atoms with Crippen molar-refractivity contribution in [3.63, 3.8) is 0 Å². The molecule has 1 amide bonds. The van der Waals surface area contributed by atoms with Crippen molar-refractivity contribution in [1.29, 1.82) is 0 Å². The fourth-order valence-corrected chi connectivity index (χ4v) is 3.73. The van der Waals surface area contributed by atoms with Crippen LogP contribution in [0.3, 0.4) is 0 Å². The van der Waals surface area contributed by atoms with Crippen molar-refractivity contribution in [2.24, 2.45) is 5.73 Å². The van der Waals surface area contributed by atoms with Gasteiger partial charge in [0.25, 0.3) is 5.91 Å². The average Bonchev–Trinajstić information content (AvgIpc) is 3.39. The summed E-state index contributed by atoms with van der Waals surface area (Å²) in [5, 5.41) is 5.25. The average molecular weight is 396 g/mol. The molecule has 5 rings (SSSR count). The number of carbonyl (C=O) groups is 1. The third-order valence-electron chi connectivity index (χ3n) is 5.24. The van der Waals surface area contributed by atoms with Crippen molar-refractivity contribution in [3.8, 4) is 11.3 Å². The summed E-state index contributed by atoms with van der Waals surface area (Å²) in [5.74, 6) is 0.110. The van der Waals surface area contributed by atoms with Gasteiger partial charge in [-0.2, -0.15) is 4.98 Å². The molecule has 6 heteroatoms. The standard InChI is InChI=1S/C24H20N4O2/c25-15-20(17-7-2-1-3-8-17)26-23(29)22-21(27-24-28(22)12-13-30-24)19-11-10-16-6-4-5-9-18(16)14-19/h1-14,20H,15,25H2,(H,26,29). The molecule has 2 heterocycles. The summed E-state index contributed by atoms with van der Waals surface area (Å²) in [4.78, 5) is 17.9. The molecule has 0 radical (unpaired) electrons. The van der Waals surface area contributed by atoms with E-state index in [-0.39, 0.29) is 18.5 Å². The largest absolute Gasteiger partial charge is 0.432 e. The highest BCUT2D eigenvalue weighted by Crippen LogP contribution is 2.28. The van der Waals surface area contributed by atoms with E-state index in [1.807, 2.05) is 66.7 Å². The summed E-state index contributed by atoms with van der Waals surface area (Å²) in [7, 11) is 0. The molecule has 1 unspecified atom stereocenters. The van der Waals surface area contributed by atoms with Crippen molar-refractivity contribution in [2.45, 2.75) is 6.04 Å². The van der Waals surface area contributed by atoms with Gasteiger partial charge in [-0.05, 0) is 22.4 Å². The van der Waals surface area contributed by atoms with Crippen LogP contribution in [0.2, 0.25) is 0 Å². The first kappa shape index (κ1) is 18.1. The Labute approximate surface area is 173 Å². The van der Waals surface area contributed by atoms with Gasteiger partial charge in [0.05, 0.1) is 6.04 Å². The van der Waals surface area contributed by atoms with E-state index in [2.05, 4.69) is 16.4 Å². The predicted octanol–water partition coefficient (Wildman–Crippen LogP) is 4.18. The lowest BCUT2D eigenvalue weighted by Gasteiger charge is -2.17. The molecular formula is C24H20N4O2. The molecule has 0 bridgehead atoms. The molecule has 0 spiro atoms. The van der Waals surface area contributed by atoms with Crippen molar-refractivity contribution in [3.05, 3.63) is 96.5 Å². The number of rotatable bonds is 5. The second-order valence-electron chi connectivity index (χ2n) is 7.10. The SMILES string of the molecule is NCC(NC(=O)c1c(-c2ccc3ccccc3c2)nc2occn12)c1ccccc1. The van der Waals surface area contributed by atoms with E-state index < -0.39 is 0 Å². The summed E-state index contributed by atoms with van der Waals surface area (Å²) in [6.07, 6.45) is 3.21. The number of carbonyl (C=O) groups excluding carboxylic acids is 1. The molecule has 3 aromatic carbocycles. The predicted molar refractivity (Wildman–Crippen MR) is 116 cm³/mol. The second-order valence-corrected chi connectivity index (χ2v) is 7.10. The van der Waals surface area contributed by atoms with Crippen molar-refractivity contribution < 1.29 is 9.21 Å². The van der Waals surface area contributed by atoms with Gasteiger partial charge >= 0.3 is 5.84 Å². The highest BCUT2D eigenvalue weighted by Gasteiger charge is 2.24. The van der Waals surface area contributed by atoms with Crippen molar-refractivity contribution >= 4 is 22.5 Å². The first-order chi connectivity index (χ1) is 14.7. The summed E-state index contributed by atoms with van der Waals surface area (Å²) < 4.78 is 7.13. The molecule has 0 aliphatic carbocycles. The van der Waals surface area contributed by atoms with E-state index in [1.165, 1.54) is 6.26 Å². The molecule has 0 saturated heterocycles. The molecule has 0 aliphatic rings. The van der Waals surface area contributed by atoms with E-state index >= 15 is 0 Å². The molecule has 148 valence electrons.